The topological polar surface area (TPSA) is 59.0 Å². The number of benzene rings is 1. The largest absolute Gasteiger partial charge is 0.497 e. The Morgan fingerprint density at radius 1 is 1.35 bits per heavy atom. The van der Waals surface area contributed by atoms with E-state index in [2.05, 4.69) is 0 Å². The summed E-state index contributed by atoms with van der Waals surface area (Å²) in [6.07, 6.45) is 2.78. The van der Waals surface area contributed by atoms with Crippen LogP contribution in [0.15, 0.2) is 36.4 Å². The average Bonchev–Trinajstić information content (AvgIpc) is 2.46. The molecule has 0 fully saturated rings. The first-order valence-corrected chi connectivity index (χ1v) is 6.50. The fourth-order valence-electron chi connectivity index (χ4n) is 2.17. The number of hydrogen-bond donors (Lipinski definition) is 1. The summed E-state index contributed by atoms with van der Waals surface area (Å²) in [5, 5.41) is 9.97. The molecule has 0 spiro atoms. The molecule has 1 N–H and O–H groups in total. The van der Waals surface area contributed by atoms with Crippen molar-refractivity contribution in [2.45, 2.75) is 19.1 Å². The fraction of sp³-hybridized carbons (Fsp3) is 0.400. The molecule has 1 heterocycles. The summed E-state index contributed by atoms with van der Waals surface area (Å²) in [6, 6.07) is 6.83. The molecule has 1 aliphatic rings. The molecular formula is C15H19NO4. The normalized spacial score (nSPS) is 21.6. The Bertz CT molecular complexity index is 483. The monoisotopic (exact) mass is 277 g/mol. The van der Waals surface area contributed by atoms with Crippen molar-refractivity contribution >= 4 is 5.91 Å². The zero-order chi connectivity index (χ0) is 14.5. The Morgan fingerprint density at radius 2 is 2.00 bits per heavy atom. The van der Waals surface area contributed by atoms with Crippen molar-refractivity contribution in [2.75, 3.05) is 20.3 Å². The van der Waals surface area contributed by atoms with Gasteiger partial charge in [0.1, 0.15) is 18.1 Å². The predicted molar refractivity (Wildman–Crippen MR) is 74.8 cm³/mol. The van der Waals surface area contributed by atoms with E-state index < -0.39 is 6.10 Å². The van der Waals surface area contributed by atoms with Gasteiger partial charge in [-0.15, -0.1) is 0 Å². The average molecular weight is 277 g/mol. The molecule has 1 amide bonds. The third-order valence-electron chi connectivity index (χ3n) is 3.31. The van der Waals surface area contributed by atoms with Crippen molar-refractivity contribution in [2.24, 2.45) is 0 Å². The van der Waals surface area contributed by atoms with E-state index in [0.717, 1.165) is 5.75 Å². The molecule has 0 radical (unpaired) electrons. The van der Waals surface area contributed by atoms with Gasteiger partial charge in [-0.1, -0.05) is 12.2 Å². The van der Waals surface area contributed by atoms with Gasteiger partial charge in [-0.2, -0.15) is 0 Å². The van der Waals surface area contributed by atoms with Crippen molar-refractivity contribution in [3.63, 3.8) is 0 Å². The van der Waals surface area contributed by atoms with Crippen LogP contribution >= 0.6 is 0 Å². The molecule has 0 aromatic heterocycles. The molecule has 108 valence electrons. The van der Waals surface area contributed by atoms with Crippen LogP contribution in [0.2, 0.25) is 0 Å². The summed E-state index contributed by atoms with van der Waals surface area (Å²) in [4.78, 5) is 13.2. The van der Waals surface area contributed by atoms with Crippen molar-refractivity contribution in [3.05, 3.63) is 36.4 Å². The van der Waals surface area contributed by atoms with Crippen LogP contribution in [-0.4, -0.2) is 48.3 Å². The minimum Gasteiger partial charge on any atom is -0.497 e. The smallest absolute Gasteiger partial charge is 0.220 e. The van der Waals surface area contributed by atoms with Gasteiger partial charge in [0.15, 0.2) is 0 Å². The standard InChI is InChI=1S/C15H19NO4/c1-11(17)16-9-3-4-15(18)14(16)10-20-13-7-5-12(19-2)6-8-13/h3-8,14-15,18H,9-10H2,1-2H3/t14-,15-/m1/s1. The molecule has 20 heavy (non-hydrogen) atoms. The number of aliphatic hydroxyl groups excluding tert-OH is 1. The van der Waals surface area contributed by atoms with Crippen LogP contribution in [0.5, 0.6) is 11.5 Å². The molecule has 1 aromatic carbocycles. The highest BCUT2D eigenvalue weighted by atomic mass is 16.5. The highest BCUT2D eigenvalue weighted by Crippen LogP contribution is 2.19. The molecular weight excluding hydrogens is 258 g/mol. The Kier molecular flexibility index (Phi) is 4.63. The first-order valence-electron chi connectivity index (χ1n) is 6.50. The Morgan fingerprint density at radius 3 is 2.60 bits per heavy atom. The Hall–Kier alpha value is -2.01. The van der Waals surface area contributed by atoms with Crippen LogP contribution in [-0.2, 0) is 4.79 Å². The summed E-state index contributed by atoms with van der Waals surface area (Å²) >= 11 is 0. The van der Waals surface area contributed by atoms with Gasteiger partial charge < -0.3 is 19.5 Å². The van der Waals surface area contributed by atoms with E-state index in [9.17, 15) is 9.90 Å². The summed E-state index contributed by atoms with van der Waals surface area (Å²) in [7, 11) is 1.60. The van der Waals surface area contributed by atoms with E-state index in [1.54, 1.807) is 48.4 Å². The zero-order valence-electron chi connectivity index (χ0n) is 11.7. The maximum atomic E-state index is 11.6. The molecule has 5 heteroatoms. The Labute approximate surface area is 118 Å². The number of aliphatic hydroxyl groups is 1. The van der Waals surface area contributed by atoms with Gasteiger partial charge in [0.05, 0.1) is 19.3 Å². The number of amides is 1. The van der Waals surface area contributed by atoms with Crippen molar-refractivity contribution < 1.29 is 19.4 Å². The second-order valence-electron chi connectivity index (χ2n) is 4.64. The lowest BCUT2D eigenvalue weighted by Crippen LogP contribution is -2.51. The summed E-state index contributed by atoms with van der Waals surface area (Å²) in [6.45, 7) is 2.24. The molecule has 1 aliphatic heterocycles. The van der Waals surface area contributed by atoms with Crippen molar-refractivity contribution in [1.82, 2.24) is 4.90 Å². The van der Waals surface area contributed by atoms with E-state index in [0.29, 0.717) is 12.3 Å². The number of nitrogens with zero attached hydrogens (tertiary/aromatic N) is 1. The van der Waals surface area contributed by atoms with Gasteiger partial charge in [0.25, 0.3) is 0 Å². The summed E-state index contributed by atoms with van der Waals surface area (Å²) < 4.78 is 10.7. The van der Waals surface area contributed by atoms with Crippen LogP contribution in [0.1, 0.15) is 6.92 Å². The van der Waals surface area contributed by atoms with Crippen LogP contribution in [0.3, 0.4) is 0 Å². The molecule has 2 rings (SSSR count). The van der Waals surface area contributed by atoms with E-state index >= 15 is 0 Å². The number of carbonyl (C=O) groups is 1. The number of ether oxygens (including phenoxy) is 2. The maximum Gasteiger partial charge on any atom is 0.220 e. The van der Waals surface area contributed by atoms with Gasteiger partial charge in [-0.05, 0) is 24.3 Å². The van der Waals surface area contributed by atoms with Crippen LogP contribution in [0.4, 0.5) is 0 Å². The maximum absolute atomic E-state index is 11.6. The van der Waals surface area contributed by atoms with Crippen LogP contribution < -0.4 is 9.47 Å². The van der Waals surface area contributed by atoms with Gasteiger partial charge in [0.2, 0.25) is 5.91 Å². The molecule has 0 unspecified atom stereocenters. The van der Waals surface area contributed by atoms with Crippen molar-refractivity contribution in [3.8, 4) is 11.5 Å². The summed E-state index contributed by atoms with van der Waals surface area (Å²) in [5.41, 5.74) is 0. The quantitative estimate of drug-likeness (QED) is 0.841. The zero-order valence-corrected chi connectivity index (χ0v) is 11.7. The highest BCUT2D eigenvalue weighted by molar-refractivity contribution is 5.74. The van der Waals surface area contributed by atoms with Crippen LogP contribution in [0, 0.1) is 0 Å². The molecule has 0 bridgehead atoms. The second-order valence-corrected chi connectivity index (χ2v) is 4.64. The first kappa shape index (κ1) is 14.4. The lowest BCUT2D eigenvalue weighted by Gasteiger charge is -2.35. The minimum absolute atomic E-state index is 0.0725. The molecule has 1 aromatic rings. The fourth-order valence-corrected chi connectivity index (χ4v) is 2.17. The van der Waals surface area contributed by atoms with Gasteiger partial charge in [-0.3, -0.25) is 4.79 Å². The number of methoxy groups -OCH3 is 1. The summed E-state index contributed by atoms with van der Waals surface area (Å²) in [5.74, 6) is 1.36. The SMILES string of the molecule is COc1ccc(OC[C@@H]2[C@H](O)C=CCN2C(C)=O)cc1. The number of rotatable bonds is 4. The van der Waals surface area contributed by atoms with Gasteiger partial charge in [0, 0.05) is 13.5 Å². The third-order valence-corrected chi connectivity index (χ3v) is 3.31. The van der Waals surface area contributed by atoms with Crippen molar-refractivity contribution in [1.29, 1.82) is 0 Å². The van der Waals surface area contributed by atoms with Gasteiger partial charge >= 0.3 is 0 Å². The lowest BCUT2D eigenvalue weighted by molar-refractivity contribution is -0.133. The Balaban J connectivity index is 1.99. The molecule has 5 nitrogen and oxygen atoms in total. The third kappa shape index (κ3) is 3.30. The molecule has 0 saturated carbocycles. The molecule has 2 atom stereocenters. The minimum atomic E-state index is -0.703. The first-order chi connectivity index (χ1) is 9.61. The number of carbonyl (C=O) groups excluding carboxylic acids is 1. The highest BCUT2D eigenvalue weighted by Gasteiger charge is 2.29. The van der Waals surface area contributed by atoms with E-state index in [-0.39, 0.29) is 18.6 Å². The van der Waals surface area contributed by atoms with E-state index in [4.69, 9.17) is 9.47 Å². The van der Waals surface area contributed by atoms with E-state index in [1.807, 2.05) is 0 Å². The molecule has 0 saturated heterocycles. The number of hydrogen-bond acceptors (Lipinski definition) is 4. The van der Waals surface area contributed by atoms with E-state index in [1.165, 1.54) is 6.92 Å². The lowest BCUT2D eigenvalue weighted by atomic mass is 10.1. The van der Waals surface area contributed by atoms with Crippen LogP contribution in [0.25, 0.3) is 0 Å². The second kappa shape index (κ2) is 6.43. The molecule has 0 aliphatic carbocycles. The predicted octanol–water partition coefficient (Wildman–Crippen LogP) is 1.22. The van der Waals surface area contributed by atoms with Gasteiger partial charge in [-0.25, -0.2) is 0 Å².